The summed E-state index contributed by atoms with van der Waals surface area (Å²) in [5.74, 6) is 2.81. The van der Waals surface area contributed by atoms with Gasteiger partial charge in [0.05, 0.1) is 0 Å². The van der Waals surface area contributed by atoms with Crippen molar-refractivity contribution in [3.63, 3.8) is 0 Å². The lowest BCUT2D eigenvalue weighted by atomic mass is 9.99. The topological polar surface area (TPSA) is 34.0 Å². The molecular weight excluding hydrogens is 304 g/mol. The summed E-state index contributed by atoms with van der Waals surface area (Å²) in [7, 11) is 0. The Labute approximate surface area is 121 Å². The van der Waals surface area contributed by atoms with E-state index < -0.39 is 0 Å². The maximum Gasteiger partial charge on any atom is 0.140 e. The van der Waals surface area contributed by atoms with E-state index in [1.807, 2.05) is 16.8 Å². The predicted octanol–water partition coefficient (Wildman–Crippen LogP) is 2.88. The van der Waals surface area contributed by atoms with Gasteiger partial charge < -0.3 is 4.90 Å². The Kier molecular flexibility index (Phi) is 3.82. The highest BCUT2D eigenvalue weighted by Gasteiger charge is 2.19. The van der Waals surface area contributed by atoms with Gasteiger partial charge in [-0.15, -0.1) is 0 Å². The van der Waals surface area contributed by atoms with Crippen LogP contribution in [0.2, 0.25) is 0 Å². The third kappa shape index (κ3) is 2.81. The van der Waals surface area contributed by atoms with E-state index in [0.29, 0.717) is 0 Å². The van der Waals surface area contributed by atoms with Crippen molar-refractivity contribution in [1.29, 1.82) is 0 Å². The Morgan fingerprint density at radius 3 is 2.68 bits per heavy atom. The lowest BCUT2D eigenvalue weighted by molar-refractivity contribution is 0.445. The molecule has 0 radical (unpaired) electrons. The summed E-state index contributed by atoms with van der Waals surface area (Å²) < 4.78 is 1.94. The molecule has 1 saturated heterocycles. The van der Waals surface area contributed by atoms with Crippen LogP contribution in [0.4, 0.5) is 5.82 Å². The quantitative estimate of drug-likeness (QED) is 0.815. The molecule has 0 aliphatic carbocycles. The van der Waals surface area contributed by atoms with Gasteiger partial charge >= 0.3 is 0 Å². The zero-order chi connectivity index (χ0) is 13.1. The van der Waals surface area contributed by atoms with E-state index in [2.05, 4.69) is 37.9 Å². The van der Waals surface area contributed by atoms with Crippen molar-refractivity contribution < 1.29 is 0 Å². The predicted molar refractivity (Wildman–Crippen MR) is 80.1 cm³/mol. The Bertz CT molecular complexity index is 518. The number of alkyl halides is 1. The number of hydrogen-bond donors (Lipinski definition) is 0. The second-order valence-corrected chi connectivity index (χ2v) is 5.56. The van der Waals surface area contributed by atoms with E-state index in [9.17, 15) is 0 Å². The second-order valence-electron chi connectivity index (χ2n) is 4.91. The first-order chi connectivity index (χ1) is 9.36. The molecule has 3 rings (SSSR count). The fourth-order valence-electron chi connectivity index (χ4n) is 2.44. The molecule has 19 heavy (non-hydrogen) atoms. The van der Waals surface area contributed by atoms with Crippen LogP contribution in [0.1, 0.15) is 12.8 Å². The molecule has 0 aromatic carbocycles. The third-order valence-corrected chi connectivity index (χ3v) is 4.56. The Hall–Kier alpha value is -1.36. The maximum absolute atomic E-state index is 4.73. The van der Waals surface area contributed by atoms with Crippen LogP contribution in [-0.2, 0) is 0 Å². The molecule has 1 fully saturated rings. The summed E-state index contributed by atoms with van der Waals surface area (Å²) in [4.78, 5) is 11.2. The Morgan fingerprint density at radius 1 is 1.21 bits per heavy atom. The maximum atomic E-state index is 4.73. The standard InChI is InChI=1S/C14H17BrN4/c15-10-12-4-7-18(8-5-12)13-2-1-3-14(17-13)19-9-6-16-11-19/h1-3,6,9,11-12H,4-5,7-8,10H2. The summed E-state index contributed by atoms with van der Waals surface area (Å²) in [5, 5.41) is 1.11. The lowest BCUT2D eigenvalue weighted by Crippen LogP contribution is -2.34. The fraction of sp³-hybridized carbons (Fsp3) is 0.429. The van der Waals surface area contributed by atoms with Crippen molar-refractivity contribution >= 4 is 21.7 Å². The molecule has 3 heterocycles. The second kappa shape index (κ2) is 5.74. The molecule has 2 aromatic heterocycles. The van der Waals surface area contributed by atoms with Crippen molar-refractivity contribution in [1.82, 2.24) is 14.5 Å². The molecule has 1 aliphatic heterocycles. The van der Waals surface area contributed by atoms with E-state index >= 15 is 0 Å². The van der Waals surface area contributed by atoms with Crippen LogP contribution < -0.4 is 4.90 Å². The zero-order valence-electron chi connectivity index (χ0n) is 10.7. The smallest absolute Gasteiger partial charge is 0.140 e. The Morgan fingerprint density at radius 2 is 2.00 bits per heavy atom. The van der Waals surface area contributed by atoms with Crippen molar-refractivity contribution in [3.05, 3.63) is 36.9 Å². The van der Waals surface area contributed by atoms with E-state index in [4.69, 9.17) is 4.98 Å². The lowest BCUT2D eigenvalue weighted by Gasteiger charge is -2.32. The summed E-state index contributed by atoms with van der Waals surface area (Å²) in [6.07, 6.45) is 7.95. The van der Waals surface area contributed by atoms with E-state index in [1.165, 1.54) is 12.8 Å². The number of imidazole rings is 1. The highest BCUT2D eigenvalue weighted by molar-refractivity contribution is 9.09. The monoisotopic (exact) mass is 320 g/mol. The Balaban J connectivity index is 1.77. The van der Waals surface area contributed by atoms with Crippen LogP contribution in [0.15, 0.2) is 36.9 Å². The first-order valence-corrected chi connectivity index (χ1v) is 7.75. The first-order valence-electron chi connectivity index (χ1n) is 6.63. The van der Waals surface area contributed by atoms with Crippen molar-refractivity contribution in [2.24, 2.45) is 5.92 Å². The molecule has 5 heteroatoms. The zero-order valence-corrected chi connectivity index (χ0v) is 12.3. The van der Waals surface area contributed by atoms with Crippen LogP contribution in [0.25, 0.3) is 5.82 Å². The number of halogens is 1. The van der Waals surface area contributed by atoms with E-state index in [1.54, 1.807) is 12.5 Å². The van der Waals surface area contributed by atoms with Gasteiger partial charge in [0, 0.05) is 30.8 Å². The molecule has 0 bridgehead atoms. The van der Waals surface area contributed by atoms with Gasteiger partial charge in [-0.05, 0) is 30.9 Å². The minimum Gasteiger partial charge on any atom is -0.357 e. The van der Waals surface area contributed by atoms with Gasteiger partial charge in [0.2, 0.25) is 0 Å². The minimum atomic E-state index is 0.813. The molecule has 0 N–H and O–H groups in total. The largest absolute Gasteiger partial charge is 0.357 e. The average Bonchev–Trinajstić information content (AvgIpc) is 3.02. The summed E-state index contributed by atoms with van der Waals surface area (Å²) in [6.45, 7) is 2.19. The number of anilines is 1. The molecule has 1 aliphatic rings. The summed E-state index contributed by atoms with van der Waals surface area (Å²) in [6, 6.07) is 6.17. The van der Waals surface area contributed by atoms with Gasteiger partial charge in [-0.2, -0.15) is 0 Å². The molecule has 0 amide bonds. The van der Waals surface area contributed by atoms with E-state index in [-0.39, 0.29) is 0 Å². The van der Waals surface area contributed by atoms with Crippen molar-refractivity contribution in [2.45, 2.75) is 12.8 Å². The van der Waals surface area contributed by atoms with Gasteiger partial charge in [0.15, 0.2) is 0 Å². The minimum absolute atomic E-state index is 0.813. The van der Waals surface area contributed by atoms with Crippen LogP contribution in [0.3, 0.4) is 0 Å². The number of piperidine rings is 1. The molecule has 2 aromatic rings. The molecule has 100 valence electrons. The van der Waals surface area contributed by atoms with Gasteiger partial charge in [0.1, 0.15) is 18.0 Å². The number of nitrogens with zero attached hydrogens (tertiary/aromatic N) is 4. The number of pyridine rings is 1. The average molecular weight is 321 g/mol. The van der Waals surface area contributed by atoms with Crippen LogP contribution in [0.5, 0.6) is 0 Å². The molecule has 0 saturated carbocycles. The summed E-state index contributed by atoms with van der Waals surface area (Å²) in [5.41, 5.74) is 0. The SMILES string of the molecule is BrCC1CCN(c2cccc(-n3ccnc3)n2)CC1. The van der Waals surface area contributed by atoms with Crippen molar-refractivity contribution in [2.75, 3.05) is 23.3 Å². The van der Waals surface area contributed by atoms with Crippen LogP contribution in [-0.4, -0.2) is 33.0 Å². The van der Waals surface area contributed by atoms with Gasteiger partial charge in [-0.25, -0.2) is 9.97 Å². The van der Waals surface area contributed by atoms with Gasteiger partial charge in [-0.1, -0.05) is 22.0 Å². The van der Waals surface area contributed by atoms with Crippen molar-refractivity contribution in [3.8, 4) is 5.82 Å². The van der Waals surface area contributed by atoms with Gasteiger partial charge in [-0.3, -0.25) is 4.57 Å². The molecule has 0 spiro atoms. The highest BCUT2D eigenvalue weighted by Crippen LogP contribution is 2.23. The van der Waals surface area contributed by atoms with Crippen LogP contribution >= 0.6 is 15.9 Å². The summed E-state index contributed by atoms with van der Waals surface area (Å²) >= 11 is 3.58. The third-order valence-electron chi connectivity index (χ3n) is 3.65. The number of aromatic nitrogens is 3. The first kappa shape index (κ1) is 12.7. The molecular formula is C14H17BrN4. The number of hydrogen-bond acceptors (Lipinski definition) is 3. The fourth-order valence-corrected chi connectivity index (χ4v) is 3.09. The van der Waals surface area contributed by atoms with E-state index in [0.717, 1.165) is 36.0 Å². The normalized spacial score (nSPS) is 16.8. The number of rotatable bonds is 3. The molecule has 0 unspecified atom stereocenters. The highest BCUT2D eigenvalue weighted by atomic mass is 79.9. The molecule has 4 nitrogen and oxygen atoms in total. The van der Waals surface area contributed by atoms with Gasteiger partial charge in [0.25, 0.3) is 0 Å². The molecule has 0 atom stereocenters. The van der Waals surface area contributed by atoms with Crippen LogP contribution in [0, 0.1) is 5.92 Å².